The van der Waals surface area contributed by atoms with Crippen LogP contribution in [0.15, 0.2) is 59.4 Å². The molecule has 2 aromatic carbocycles. The van der Waals surface area contributed by atoms with E-state index in [1.807, 2.05) is 30.3 Å². The number of ether oxygens (including phenoxy) is 1. The predicted octanol–water partition coefficient (Wildman–Crippen LogP) is 2.82. The zero-order valence-electron chi connectivity index (χ0n) is 11.6. The minimum atomic E-state index is -0.250. The molecule has 0 saturated heterocycles. The molecule has 0 aliphatic carbocycles. The van der Waals surface area contributed by atoms with E-state index in [0.717, 1.165) is 5.56 Å². The standard InChI is InChI=1S/C17H15NO3/c1-18-15-9-13(21-11-12-5-3-2-4-6-12)7-8-14(15)16(19)10-17(18)20/h2-10,19H,11H2,1H3. The molecule has 1 heterocycles. The van der Waals surface area contributed by atoms with Gasteiger partial charge >= 0.3 is 0 Å². The minimum Gasteiger partial charge on any atom is -0.507 e. The lowest BCUT2D eigenvalue weighted by molar-refractivity contribution is 0.306. The van der Waals surface area contributed by atoms with Gasteiger partial charge in [0.1, 0.15) is 18.1 Å². The average molecular weight is 281 g/mol. The molecule has 1 aromatic heterocycles. The van der Waals surface area contributed by atoms with Gasteiger partial charge < -0.3 is 14.4 Å². The average Bonchev–Trinajstić information content (AvgIpc) is 2.51. The topological polar surface area (TPSA) is 51.5 Å². The number of aromatic nitrogens is 1. The first-order valence-corrected chi connectivity index (χ1v) is 6.64. The molecule has 0 amide bonds. The summed E-state index contributed by atoms with van der Waals surface area (Å²) in [7, 11) is 1.67. The molecule has 0 aliphatic rings. The van der Waals surface area contributed by atoms with Gasteiger partial charge in [0.15, 0.2) is 0 Å². The fourth-order valence-electron chi connectivity index (χ4n) is 2.25. The Labute approximate surface area is 121 Å². The fourth-order valence-corrected chi connectivity index (χ4v) is 2.25. The van der Waals surface area contributed by atoms with E-state index in [4.69, 9.17) is 4.74 Å². The lowest BCUT2D eigenvalue weighted by Crippen LogP contribution is -2.15. The highest BCUT2D eigenvalue weighted by atomic mass is 16.5. The molecule has 4 nitrogen and oxygen atoms in total. The van der Waals surface area contributed by atoms with Crippen molar-refractivity contribution in [2.24, 2.45) is 7.05 Å². The van der Waals surface area contributed by atoms with E-state index in [0.29, 0.717) is 23.3 Å². The van der Waals surface area contributed by atoms with Crippen LogP contribution in [0, 0.1) is 0 Å². The highest BCUT2D eigenvalue weighted by Crippen LogP contribution is 2.26. The molecule has 1 N–H and O–H groups in total. The van der Waals surface area contributed by atoms with E-state index in [-0.39, 0.29) is 11.3 Å². The Morgan fingerprint density at radius 2 is 1.86 bits per heavy atom. The molecule has 0 aliphatic heterocycles. The Morgan fingerprint density at radius 1 is 1.10 bits per heavy atom. The summed E-state index contributed by atoms with van der Waals surface area (Å²) in [5.41, 5.74) is 1.47. The van der Waals surface area contributed by atoms with Crippen LogP contribution in [-0.2, 0) is 13.7 Å². The maximum atomic E-state index is 11.7. The summed E-state index contributed by atoms with van der Waals surface area (Å²) in [6.45, 7) is 0.457. The van der Waals surface area contributed by atoms with Crippen LogP contribution in [0.3, 0.4) is 0 Å². The number of fused-ring (bicyclic) bond motifs is 1. The summed E-state index contributed by atoms with van der Waals surface area (Å²) in [5.74, 6) is 0.648. The van der Waals surface area contributed by atoms with Gasteiger partial charge in [-0.2, -0.15) is 0 Å². The number of aromatic hydroxyl groups is 1. The largest absolute Gasteiger partial charge is 0.507 e. The van der Waals surface area contributed by atoms with E-state index >= 15 is 0 Å². The molecular formula is C17H15NO3. The van der Waals surface area contributed by atoms with Gasteiger partial charge in [-0.05, 0) is 17.7 Å². The van der Waals surface area contributed by atoms with E-state index in [1.165, 1.54) is 10.6 Å². The lowest BCUT2D eigenvalue weighted by Gasteiger charge is -2.10. The molecule has 0 radical (unpaired) electrons. The van der Waals surface area contributed by atoms with Crippen molar-refractivity contribution < 1.29 is 9.84 Å². The maximum Gasteiger partial charge on any atom is 0.254 e. The molecule has 106 valence electrons. The molecular weight excluding hydrogens is 266 g/mol. The summed E-state index contributed by atoms with van der Waals surface area (Å²) in [5, 5.41) is 10.4. The lowest BCUT2D eigenvalue weighted by atomic mass is 10.2. The Hall–Kier alpha value is -2.75. The summed E-state index contributed by atoms with van der Waals surface area (Å²) >= 11 is 0. The first-order valence-electron chi connectivity index (χ1n) is 6.64. The van der Waals surface area contributed by atoms with Gasteiger partial charge in [-0.15, -0.1) is 0 Å². The zero-order chi connectivity index (χ0) is 14.8. The van der Waals surface area contributed by atoms with Gasteiger partial charge in [0.05, 0.1) is 5.52 Å². The maximum absolute atomic E-state index is 11.7. The Bertz CT molecular complexity index is 838. The van der Waals surface area contributed by atoms with Crippen LogP contribution in [0.4, 0.5) is 0 Å². The smallest absolute Gasteiger partial charge is 0.254 e. The summed E-state index contributed by atoms with van der Waals surface area (Å²) < 4.78 is 7.23. The Kier molecular flexibility index (Phi) is 3.36. The molecule has 3 rings (SSSR count). The van der Waals surface area contributed by atoms with Gasteiger partial charge in [-0.1, -0.05) is 30.3 Å². The summed E-state index contributed by atoms with van der Waals surface area (Å²) in [4.78, 5) is 11.7. The second-order valence-electron chi connectivity index (χ2n) is 4.88. The van der Waals surface area contributed by atoms with Crippen LogP contribution in [-0.4, -0.2) is 9.67 Å². The van der Waals surface area contributed by atoms with Crippen molar-refractivity contribution in [1.82, 2.24) is 4.57 Å². The number of aryl methyl sites for hydroxylation is 1. The van der Waals surface area contributed by atoms with Gasteiger partial charge in [-0.25, -0.2) is 0 Å². The van der Waals surface area contributed by atoms with E-state index < -0.39 is 0 Å². The Morgan fingerprint density at radius 3 is 2.62 bits per heavy atom. The van der Waals surface area contributed by atoms with Crippen molar-refractivity contribution in [1.29, 1.82) is 0 Å². The molecule has 21 heavy (non-hydrogen) atoms. The number of nitrogens with zero attached hydrogens (tertiary/aromatic N) is 1. The van der Waals surface area contributed by atoms with Crippen LogP contribution in [0.5, 0.6) is 11.5 Å². The van der Waals surface area contributed by atoms with Crippen LogP contribution in [0.1, 0.15) is 5.56 Å². The molecule has 0 unspecified atom stereocenters. The Balaban J connectivity index is 1.94. The fraction of sp³-hybridized carbons (Fsp3) is 0.118. The normalized spacial score (nSPS) is 10.7. The van der Waals surface area contributed by atoms with E-state index in [1.54, 1.807) is 25.2 Å². The third-order valence-corrected chi connectivity index (χ3v) is 3.45. The summed E-state index contributed by atoms with van der Waals surface area (Å²) in [6, 6.07) is 16.4. The molecule has 0 bridgehead atoms. The first-order chi connectivity index (χ1) is 10.1. The third kappa shape index (κ3) is 2.60. The quantitative estimate of drug-likeness (QED) is 0.803. The van der Waals surface area contributed by atoms with Crippen molar-refractivity contribution in [2.45, 2.75) is 6.61 Å². The second kappa shape index (κ2) is 5.32. The van der Waals surface area contributed by atoms with Crippen molar-refractivity contribution in [3.8, 4) is 11.5 Å². The molecule has 3 aromatic rings. The SMILES string of the molecule is Cn1c(=O)cc(O)c2ccc(OCc3ccccc3)cc21. The molecule has 0 fully saturated rings. The number of rotatable bonds is 3. The number of pyridine rings is 1. The molecule has 0 atom stereocenters. The van der Waals surface area contributed by atoms with Gasteiger partial charge in [0.2, 0.25) is 0 Å². The summed E-state index contributed by atoms with van der Waals surface area (Å²) in [6.07, 6.45) is 0. The highest BCUT2D eigenvalue weighted by Gasteiger charge is 2.07. The van der Waals surface area contributed by atoms with Crippen LogP contribution in [0.2, 0.25) is 0 Å². The first kappa shape index (κ1) is 13.2. The van der Waals surface area contributed by atoms with Gasteiger partial charge in [-0.3, -0.25) is 4.79 Å². The predicted molar refractivity (Wildman–Crippen MR) is 81.6 cm³/mol. The van der Waals surface area contributed by atoms with Crippen LogP contribution < -0.4 is 10.3 Å². The molecule has 0 saturated carbocycles. The highest BCUT2D eigenvalue weighted by molar-refractivity contribution is 5.86. The van der Waals surface area contributed by atoms with Crippen molar-refractivity contribution in [2.75, 3.05) is 0 Å². The molecule has 0 spiro atoms. The van der Waals surface area contributed by atoms with Crippen LogP contribution >= 0.6 is 0 Å². The second-order valence-corrected chi connectivity index (χ2v) is 4.88. The van der Waals surface area contributed by atoms with Crippen molar-refractivity contribution >= 4 is 10.9 Å². The monoisotopic (exact) mass is 281 g/mol. The number of hydrogen-bond acceptors (Lipinski definition) is 3. The third-order valence-electron chi connectivity index (χ3n) is 3.45. The molecule has 4 heteroatoms. The zero-order valence-corrected chi connectivity index (χ0v) is 11.6. The number of benzene rings is 2. The van der Waals surface area contributed by atoms with E-state index in [2.05, 4.69) is 0 Å². The van der Waals surface area contributed by atoms with Crippen LogP contribution in [0.25, 0.3) is 10.9 Å². The van der Waals surface area contributed by atoms with Gasteiger partial charge in [0.25, 0.3) is 5.56 Å². The van der Waals surface area contributed by atoms with Crippen molar-refractivity contribution in [3.63, 3.8) is 0 Å². The minimum absolute atomic E-state index is 0.0114. The van der Waals surface area contributed by atoms with Gasteiger partial charge in [0, 0.05) is 24.6 Å². The van der Waals surface area contributed by atoms with E-state index in [9.17, 15) is 9.90 Å². The van der Waals surface area contributed by atoms with Crippen molar-refractivity contribution in [3.05, 3.63) is 70.5 Å². The number of hydrogen-bond donors (Lipinski definition) is 1.